The largest absolute Gasteiger partial charge is 0.494 e. The van der Waals surface area contributed by atoms with Crippen molar-refractivity contribution in [2.45, 2.75) is 25.2 Å². The number of benzene rings is 1. The van der Waals surface area contributed by atoms with Gasteiger partial charge in [0.1, 0.15) is 0 Å². The Kier molecular flexibility index (Phi) is 3.38. The minimum Gasteiger partial charge on any atom is -0.494 e. The van der Waals surface area contributed by atoms with Crippen molar-refractivity contribution in [1.82, 2.24) is 4.90 Å². The number of hydrogen-bond acceptors (Lipinski definition) is 2. The Bertz CT molecular complexity index is 397. The smallest absolute Gasteiger partial charge is 0.165 e. The first-order chi connectivity index (χ1) is 8.05. The fourth-order valence-corrected chi connectivity index (χ4v) is 2.44. The van der Waals surface area contributed by atoms with Gasteiger partial charge in [0.15, 0.2) is 11.6 Å². The molecule has 17 heavy (non-hydrogen) atoms. The second-order valence-corrected chi connectivity index (χ2v) is 5.21. The van der Waals surface area contributed by atoms with E-state index in [9.17, 15) is 4.39 Å². The maximum absolute atomic E-state index is 13.7. The Morgan fingerprint density at radius 3 is 2.47 bits per heavy atom. The van der Waals surface area contributed by atoms with Gasteiger partial charge in [0.2, 0.25) is 0 Å². The number of rotatable bonds is 2. The number of likely N-dealkylation sites (tertiary alicyclic amines) is 1. The highest BCUT2D eigenvalue weighted by Gasteiger charge is 2.31. The van der Waals surface area contributed by atoms with Crippen molar-refractivity contribution in [2.75, 3.05) is 27.2 Å². The van der Waals surface area contributed by atoms with Gasteiger partial charge in [0.05, 0.1) is 7.11 Å². The molecule has 0 bridgehead atoms. The molecular formula is C14H20FNO. The molecule has 94 valence electrons. The third-order valence-corrected chi connectivity index (χ3v) is 3.94. The van der Waals surface area contributed by atoms with E-state index in [0.717, 1.165) is 31.5 Å². The minimum atomic E-state index is -0.259. The molecule has 1 heterocycles. The van der Waals surface area contributed by atoms with Gasteiger partial charge >= 0.3 is 0 Å². The van der Waals surface area contributed by atoms with Gasteiger partial charge in [-0.1, -0.05) is 13.0 Å². The molecule has 0 saturated carbocycles. The van der Waals surface area contributed by atoms with Gasteiger partial charge in [-0.15, -0.1) is 0 Å². The predicted molar refractivity (Wildman–Crippen MR) is 67.0 cm³/mol. The van der Waals surface area contributed by atoms with Crippen LogP contribution in [-0.2, 0) is 5.41 Å². The topological polar surface area (TPSA) is 12.5 Å². The zero-order valence-corrected chi connectivity index (χ0v) is 10.8. The number of ether oxygens (including phenoxy) is 1. The van der Waals surface area contributed by atoms with Gasteiger partial charge in [-0.05, 0) is 56.1 Å². The quantitative estimate of drug-likeness (QED) is 0.784. The van der Waals surface area contributed by atoms with Crippen molar-refractivity contribution < 1.29 is 9.13 Å². The van der Waals surface area contributed by atoms with Crippen LogP contribution >= 0.6 is 0 Å². The fourth-order valence-electron chi connectivity index (χ4n) is 2.44. The summed E-state index contributed by atoms with van der Waals surface area (Å²) in [7, 11) is 3.63. The summed E-state index contributed by atoms with van der Waals surface area (Å²) in [6.07, 6.45) is 2.16. The number of nitrogens with zero attached hydrogens (tertiary/aromatic N) is 1. The summed E-state index contributed by atoms with van der Waals surface area (Å²) in [6, 6.07) is 5.35. The average molecular weight is 237 g/mol. The van der Waals surface area contributed by atoms with Crippen LogP contribution in [0.25, 0.3) is 0 Å². The molecule has 0 atom stereocenters. The first-order valence-corrected chi connectivity index (χ1v) is 6.08. The lowest BCUT2D eigenvalue weighted by atomic mass is 9.74. The Morgan fingerprint density at radius 1 is 1.29 bits per heavy atom. The maximum atomic E-state index is 13.7. The minimum absolute atomic E-state index is 0.0968. The Hall–Kier alpha value is -1.09. The van der Waals surface area contributed by atoms with E-state index < -0.39 is 0 Å². The molecule has 0 unspecified atom stereocenters. The lowest BCUT2D eigenvalue weighted by molar-refractivity contribution is 0.199. The van der Waals surface area contributed by atoms with Crippen molar-refractivity contribution in [3.63, 3.8) is 0 Å². The van der Waals surface area contributed by atoms with Crippen LogP contribution < -0.4 is 4.74 Å². The molecule has 1 fully saturated rings. The van der Waals surface area contributed by atoms with E-state index in [-0.39, 0.29) is 11.2 Å². The average Bonchev–Trinajstić information content (AvgIpc) is 2.33. The summed E-state index contributed by atoms with van der Waals surface area (Å²) >= 11 is 0. The van der Waals surface area contributed by atoms with Gasteiger partial charge < -0.3 is 9.64 Å². The number of halogens is 1. The zero-order valence-electron chi connectivity index (χ0n) is 10.8. The molecule has 1 aromatic carbocycles. The van der Waals surface area contributed by atoms with Crippen LogP contribution in [-0.4, -0.2) is 32.1 Å². The van der Waals surface area contributed by atoms with E-state index in [1.165, 1.54) is 7.11 Å². The summed E-state index contributed by atoms with van der Waals surface area (Å²) in [5, 5.41) is 0. The van der Waals surface area contributed by atoms with Gasteiger partial charge in [0.25, 0.3) is 0 Å². The van der Waals surface area contributed by atoms with Crippen molar-refractivity contribution in [2.24, 2.45) is 0 Å². The summed E-state index contributed by atoms with van der Waals surface area (Å²) in [6.45, 7) is 4.37. The highest BCUT2D eigenvalue weighted by Crippen LogP contribution is 2.36. The van der Waals surface area contributed by atoms with E-state index >= 15 is 0 Å². The molecule has 0 spiro atoms. The fraction of sp³-hybridized carbons (Fsp3) is 0.571. The molecule has 1 saturated heterocycles. The van der Waals surface area contributed by atoms with Crippen molar-refractivity contribution in [1.29, 1.82) is 0 Å². The molecule has 2 nitrogen and oxygen atoms in total. The normalized spacial score (nSPS) is 20.2. The molecule has 2 rings (SSSR count). The molecule has 0 aliphatic carbocycles. The second-order valence-electron chi connectivity index (χ2n) is 5.21. The molecule has 0 aromatic heterocycles. The number of hydrogen-bond donors (Lipinski definition) is 0. The highest BCUT2D eigenvalue weighted by atomic mass is 19.1. The molecule has 1 aliphatic heterocycles. The SMILES string of the molecule is COc1ccc(C2(C)CCN(C)CC2)cc1F. The number of piperidine rings is 1. The maximum Gasteiger partial charge on any atom is 0.165 e. The van der Waals surface area contributed by atoms with Gasteiger partial charge in [-0.3, -0.25) is 0 Å². The molecule has 1 aliphatic rings. The molecule has 0 amide bonds. The van der Waals surface area contributed by atoms with Crippen molar-refractivity contribution in [3.05, 3.63) is 29.6 Å². The van der Waals surface area contributed by atoms with Crippen LogP contribution in [0.5, 0.6) is 5.75 Å². The first kappa shape index (κ1) is 12.4. The molecule has 0 radical (unpaired) electrons. The van der Waals surface area contributed by atoms with Crippen molar-refractivity contribution in [3.8, 4) is 5.75 Å². The molecule has 0 N–H and O–H groups in total. The van der Waals surface area contributed by atoms with Crippen LogP contribution in [0, 0.1) is 5.82 Å². The zero-order chi connectivity index (χ0) is 12.5. The van der Waals surface area contributed by atoms with Crippen LogP contribution in [0.4, 0.5) is 4.39 Å². The molecular weight excluding hydrogens is 217 g/mol. The Balaban J connectivity index is 2.24. The monoisotopic (exact) mass is 237 g/mol. The van der Waals surface area contributed by atoms with Crippen LogP contribution in [0.1, 0.15) is 25.3 Å². The van der Waals surface area contributed by atoms with E-state index in [1.54, 1.807) is 12.1 Å². The highest BCUT2D eigenvalue weighted by molar-refractivity contribution is 5.34. The third kappa shape index (κ3) is 2.44. The predicted octanol–water partition coefficient (Wildman–Crippen LogP) is 2.82. The van der Waals surface area contributed by atoms with Gasteiger partial charge in [-0.2, -0.15) is 0 Å². The van der Waals surface area contributed by atoms with E-state index in [2.05, 4.69) is 18.9 Å². The second kappa shape index (κ2) is 4.65. The lowest BCUT2D eigenvalue weighted by Crippen LogP contribution is -2.38. The van der Waals surface area contributed by atoms with Crippen LogP contribution in [0.15, 0.2) is 18.2 Å². The van der Waals surface area contributed by atoms with Gasteiger partial charge in [0, 0.05) is 0 Å². The Labute approximate surface area is 102 Å². The summed E-state index contributed by atoms with van der Waals surface area (Å²) in [5.74, 6) is 0.0652. The summed E-state index contributed by atoms with van der Waals surface area (Å²) in [4.78, 5) is 2.32. The van der Waals surface area contributed by atoms with Gasteiger partial charge in [-0.25, -0.2) is 4.39 Å². The molecule has 1 aromatic rings. The summed E-state index contributed by atoms with van der Waals surface area (Å²) < 4.78 is 18.7. The Morgan fingerprint density at radius 2 is 1.94 bits per heavy atom. The third-order valence-electron chi connectivity index (χ3n) is 3.94. The lowest BCUT2D eigenvalue weighted by Gasteiger charge is -2.38. The first-order valence-electron chi connectivity index (χ1n) is 6.08. The van der Waals surface area contributed by atoms with Crippen molar-refractivity contribution >= 4 is 0 Å². The van der Waals surface area contributed by atoms with Crippen LogP contribution in [0.3, 0.4) is 0 Å². The summed E-state index contributed by atoms with van der Waals surface area (Å²) in [5.41, 5.74) is 1.18. The standard InChI is InChI=1S/C14H20FNO/c1-14(6-8-16(2)9-7-14)11-4-5-13(17-3)12(15)10-11/h4-5,10H,6-9H2,1-3H3. The molecule has 3 heteroatoms. The van der Waals surface area contributed by atoms with E-state index in [1.807, 2.05) is 6.07 Å². The van der Waals surface area contributed by atoms with Crippen LogP contribution in [0.2, 0.25) is 0 Å². The number of methoxy groups -OCH3 is 1. The van der Waals surface area contributed by atoms with E-state index in [4.69, 9.17) is 4.74 Å². The van der Waals surface area contributed by atoms with E-state index in [0.29, 0.717) is 5.75 Å².